The highest BCUT2D eigenvalue weighted by Crippen LogP contribution is 2.22. The van der Waals surface area contributed by atoms with Crippen LogP contribution in [0.25, 0.3) is 0 Å². The molecule has 7 heteroatoms. The molecule has 1 fully saturated rings. The fourth-order valence-corrected chi connectivity index (χ4v) is 3.10. The van der Waals surface area contributed by atoms with E-state index in [2.05, 4.69) is 67.6 Å². The lowest BCUT2D eigenvalue weighted by atomic mass is 10.3. The normalized spacial score (nSPS) is 17.3. The van der Waals surface area contributed by atoms with Crippen molar-refractivity contribution in [3.8, 4) is 0 Å². The third kappa shape index (κ3) is 5.91. The molecule has 0 radical (unpaired) electrons. The smallest absolute Gasteiger partial charge is 0.191 e. The molecule has 2 N–H and O–H groups in total. The highest BCUT2D eigenvalue weighted by Gasteiger charge is 2.23. The van der Waals surface area contributed by atoms with Gasteiger partial charge in [-0.25, -0.2) is 4.99 Å². The van der Waals surface area contributed by atoms with Gasteiger partial charge in [0.1, 0.15) is 12.3 Å². The molecule has 0 saturated carbocycles. The Labute approximate surface area is 174 Å². The van der Waals surface area contributed by atoms with E-state index in [4.69, 9.17) is 4.42 Å². The summed E-state index contributed by atoms with van der Waals surface area (Å²) in [6, 6.07) is 12.7. The Hall–Kier alpha value is -1.22. The van der Waals surface area contributed by atoms with Crippen molar-refractivity contribution in [2.75, 3.05) is 24.5 Å². The second kappa shape index (κ2) is 10.1. The monoisotopic (exact) mass is 518 g/mol. The van der Waals surface area contributed by atoms with Crippen LogP contribution in [0.2, 0.25) is 0 Å². The van der Waals surface area contributed by atoms with Gasteiger partial charge < -0.3 is 20.0 Å². The second-order valence-corrected chi connectivity index (χ2v) is 6.74. The molecule has 2 aromatic rings. The van der Waals surface area contributed by atoms with E-state index in [0.717, 1.165) is 42.2 Å². The molecule has 1 aromatic carbocycles. The van der Waals surface area contributed by atoms with Crippen LogP contribution in [0.15, 0.2) is 56.5 Å². The number of hydrogen-bond donors (Lipinski definition) is 2. The largest absolute Gasteiger partial charge is 0.467 e. The number of nitrogens with one attached hydrogen (secondary N) is 2. The van der Waals surface area contributed by atoms with E-state index in [0.29, 0.717) is 12.6 Å². The van der Waals surface area contributed by atoms with E-state index in [1.807, 2.05) is 12.1 Å². The first-order valence-corrected chi connectivity index (χ1v) is 9.11. The number of anilines is 1. The van der Waals surface area contributed by atoms with Gasteiger partial charge >= 0.3 is 0 Å². The summed E-state index contributed by atoms with van der Waals surface area (Å²) in [6.45, 7) is 5.50. The van der Waals surface area contributed by atoms with Gasteiger partial charge in [0.15, 0.2) is 5.96 Å². The van der Waals surface area contributed by atoms with Crippen LogP contribution in [0.4, 0.5) is 5.69 Å². The number of hydrogen-bond acceptors (Lipinski definition) is 3. The Kier molecular flexibility index (Phi) is 8.08. The fraction of sp³-hybridized carbons (Fsp3) is 0.389. The van der Waals surface area contributed by atoms with Gasteiger partial charge in [-0.05, 0) is 49.7 Å². The van der Waals surface area contributed by atoms with Gasteiger partial charge in [-0.15, -0.1) is 24.0 Å². The summed E-state index contributed by atoms with van der Waals surface area (Å²) in [5.41, 5.74) is 1.26. The van der Waals surface area contributed by atoms with Crippen LogP contribution in [0, 0.1) is 0 Å². The molecule has 1 aromatic heterocycles. The summed E-state index contributed by atoms with van der Waals surface area (Å²) in [5, 5.41) is 6.84. The average molecular weight is 519 g/mol. The molecule has 5 nitrogen and oxygen atoms in total. The quantitative estimate of drug-likeness (QED) is 0.357. The molecule has 1 unspecified atom stereocenters. The first-order valence-electron chi connectivity index (χ1n) is 8.32. The fourth-order valence-electron chi connectivity index (χ4n) is 2.84. The first kappa shape index (κ1) is 20.1. The van der Waals surface area contributed by atoms with Gasteiger partial charge in [0, 0.05) is 35.8 Å². The van der Waals surface area contributed by atoms with Crippen molar-refractivity contribution >= 4 is 51.6 Å². The molecule has 3 rings (SSSR count). The first-order chi connectivity index (χ1) is 11.7. The third-order valence-electron chi connectivity index (χ3n) is 4.04. The summed E-state index contributed by atoms with van der Waals surface area (Å²) < 4.78 is 6.45. The minimum Gasteiger partial charge on any atom is -0.467 e. The van der Waals surface area contributed by atoms with Crippen LogP contribution < -0.4 is 15.5 Å². The second-order valence-electron chi connectivity index (χ2n) is 5.83. The molecule has 1 atom stereocenters. The van der Waals surface area contributed by atoms with Crippen molar-refractivity contribution in [3.05, 3.63) is 52.9 Å². The predicted octanol–water partition coefficient (Wildman–Crippen LogP) is 3.99. The third-order valence-corrected chi connectivity index (χ3v) is 4.57. The van der Waals surface area contributed by atoms with Crippen molar-refractivity contribution in [1.82, 2.24) is 10.6 Å². The summed E-state index contributed by atoms with van der Waals surface area (Å²) in [7, 11) is 0. The van der Waals surface area contributed by atoms with Crippen LogP contribution in [0.3, 0.4) is 0 Å². The van der Waals surface area contributed by atoms with Gasteiger partial charge in [-0.1, -0.05) is 15.9 Å². The maximum atomic E-state index is 5.34. The van der Waals surface area contributed by atoms with Crippen molar-refractivity contribution in [2.45, 2.75) is 25.9 Å². The van der Waals surface area contributed by atoms with Crippen LogP contribution >= 0.6 is 39.9 Å². The zero-order valence-corrected chi connectivity index (χ0v) is 18.2. The number of halogens is 2. The maximum absolute atomic E-state index is 5.34. The zero-order chi connectivity index (χ0) is 16.8. The van der Waals surface area contributed by atoms with E-state index in [-0.39, 0.29) is 24.0 Å². The molecular formula is C18H24BrIN4O. The zero-order valence-electron chi connectivity index (χ0n) is 14.2. The minimum atomic E-state index is 0. The Morgan fingerprint density at radius 1 is 1.32 bits per heavy atom. The Morgan fingerprint density at radius 3 is 2.80 bits per heavy atom. The highest BCUT2D eigenvalue weighted by atomic mass is 127. The number of nitrogens with zero attached hydrogens (tertiary/aromatic N) is 2. The van der Waals surface area contributed by atoms with Crippen LogP contribution in [-0.2, 0) is 6.54 Å². The molecule has 0 aliphatic carbocycles. The van der Waals surface area contributed by atoms with E-state index in [1.165, 1.54) is 5.69 Å². The number of rotatable bonds is 5. The molecule has 0 amide bonds. The Bertz CT molecular complexity index is 660. The SMILES string of the molecule is CCNC(=NCc1ccco1)NC1CCN(c2ccc(Br)cc2)C1.I. The number of aliphatic imine (C=N–C) groups is 1. The van der Waals surface area contributed by atoms with E-state index in [9.17, 15) is 0 Å². The topological polar surface area (TPSA) is 52.8 Å². The lowest BCUT2D eigenvalue weighted by Gasteiger charge is -2.20. The average Bonchev–Trinajstić information content (AvgIpc) is 3.25. The summed E-state index contributed by atoms with van der Waals surface area (Å²) in [5.74, 6) is 1.71. The van der Waals surface area contributed by atoms with Crippen molar-refractivity contribution < 1.29 is 4.42 Å². The molecule has 25 heavy (non-hydrogen) atoms. The minimum absolute atomic E-state index is 0. The summed E-state index contributed by atoms with van der Waals surface area (Å²) in [6.07, 6.45) is 2.78. The van der Waals surface area contributed by atoms with Gasteiger partial charge in [-0.3, -0.25) is 0 Å². The van der Waals surface area contributed by atoms with Crippen LogP contribution in [-0.4, -0.2) is 31.6 Å². The van der Waals surface area contributed by atoms with Crippen LogP contribution in [0.5, 0.6) is 0 Å². The highest BCUT2D eigenvalue weighted by molar-refractivity contribution is 14.0. The number of guanidine groups is 1. The van der Waals surface area contributed by atoms with Gasteiger partial charge in [0.2, 0.25) is 0 Å². The van der Waals surface area contributed by atoms with Gasteiger partial charge in [0.05, 0.1) is 6.26 Å². The van der Waals surface area contributed by atoms with E-state index >= 15 is 0 Å². The Balaban J connectivity index is 0.00000225. The molecule has 1 aliphatic rings. The molecule has 0 spiro atoms. The molecule has 1 saturated heterocycles. The lowest BCUT2D eigenvalue weighted by molar-refractivity contribution is 0.511. The molecular weight excluding hydrogens is 495 g/mol. The predicted molar refractivity (Wildman–Crippen MR) is 117 cm³/mol. The molecule has 0 bridgehead atoms. The van der Waals surface area contributed by atoms with Crippen molar-refractivity contribution in [3.63, 3.8) is 0 Å². The van der Waals surface area contributed by atoms with Crippen LogP contribution in [0.1, 0.15) is 19.1 Å². The van der Waals surface area contributed by atoms with E-state index in [1.54, 1.807) is 6.26 Å². The van der Waals surface area contributed by atoms with Gasteiger partial charge in [0.25, 0.3) is 0 Å². The number of benzene rings is 1. The Morgan fingerprint density at radius 2 is 2.12 bits per heavy atom. The summed E-state index contributed by atoms with van der Waals surface area (Å²) >= 11 is 3.49. The van der Waals surface area contributed by atoms with Gasteiger partial charge in [-0.2, -0.15) is 0 Å². The lowest BCUT2D eigenvalue weighted by Crippen LogP contribution is -2.44. The number of furan rings is 1. The summed E-state index contributed by atoms with van der Waals surface area (Å²) in [4.78, 5) is 7.01. The molecule has 2 heterocycles. The maximum Gasteiger partial charge on any atom is 0.191 e. The molecule has 1 aliphatic heterocycles. The molecule has 136 valence electrons. The van der Waals surface area contributed by atoms with E-state index < -0.39 is 0 Å². The van der Waals surface area contributed by atoms with Crippen molar-refractivity contribution in [1.29, 1.82) is 0 Å². The standard InChI is InChI=1S/C18H23BrN4O.HI/c1-2-20-18(21-12-17-4-3-11-24-17)22-15-9-10-23(13-15)16-7-5-14(19)6-8-16;/h3-8,11,15H,2,9-10,12-13H2,1H3,(H2,20,21,22);1H. The van der Waals surface area contributed by atoms with Crippen molar-refractivity contribution in [2.24, 2.45) is 4.99 Å².